The van der Waals surface area contributed by atoms with Crippen LogP contribution in [0.1, 0.15) is 50.5 Å². The van der Waals surface area contributed by atoms with Crippen LogP contribution in [0.25, 0.3) is 10.2 Å². The van der Waals surface area contributed by atoms with E-state index < -0.39 is 0 Å². The molecule has 170 valence electrons. The maximum atomic E-state index is 12.8. The number of thiophene rings is 1. The zero-order chi connectivity index (χ0) is 22.2. The van der Waals surface area contributed by atoms with E-state index in [2.05, 4.69) is 55.0 Å². The highest BCUT2D eigenvalue weighted by Gasteiger charge is 2.30. The topological polar surface area (TPSA) is 61.4 Å². The van der Waals surface area contributed by atoms with Crippen molar-refractivity contribution >= 4 is 33.3 Å². The lowest BCUT2D eigenvalue weighted by Crippen LogP contribution is -2.45. The van der Waals surface area contributed by atoms with Crippen LogP contribution in [0.15, 0.2) is 6.33 Å². The first-order valence-corrected chi connectivity index (χ1v) is 12.5. The molecular weight excluding hydrogens is 406 g/mol. The highest BCUT2D eigenvalue weighted by molar-refractivity contribution is 7.19. The number of piperidine rings is 1. The van der Waals surface area contributed by atoms with Crippen LogP contribution in [0, 0.1) is 17.3 Å². The van der Waals surface area contributed by atoms with Crippen LogP contribution in [0.2, 0.25) is 0 Å². The summed E-state index contributed by atoms with van der Waals surface area (Å²) in [5.41, 5.74) is 1.55. The number of carbonyl (C=O) groups is 1. The molecular formula is C24H37N5OS. The van der Waals surface area contributed by atoms with Crippen LogP contribution >= 0.6 is 11.3 Å². The number of rotatable bonds is 6. The summed E-state index contributed by atoms with van der Waals surface area (Å²) in [4.78, 5) is 29.3. The minimum absolute atomic E-state index is 0.0714. The van der Waals surface area contributed by atoms with E-state index in [0.717, 1.165) is 62.0 Å². The van der Waals surface area contributed by atoms with Gasteiger partial charge in [0.2, 0.25) is 5.91 Å². The van der Waals surface area contributed by atoms with Crippen LogP contribution in [-0.2, 0) is 17.6 Å². The fourth-order valence-electron chi connectivity index (χ4n) is 5.23. The van der Waals surface area contributed by atoms with Crippen molar-refractivity contribution in [2.24, 2.45) is 17.3 Å². The van der Waals surface area contributed by atoms with Gasteiger partial charge in [-0.15, -0.1) is 11.3 Å². The lowest BCUT2D eigenvalue weighted by molar-refractivity contribution is -0.126. The van der Waals surface area contributed by atoms with Crippen molar-refractivity contribution < 1.29 is 4.79 Å². The number of hydrogen-bond donors (Lipinski definition) is 1. The van der Waals surface area contributed by atoms with Gasteiger partial charge in [0, 0.05) is 37.0 Å². The van der Waals surface area contributed by atoms with E-state index >= 15 is 0 Å². The molecule has 1 aliphatic heterocycles. The Hall–Kier alpha value is -1.73. The van der Waals surface area contributed by atoms with E-state index in [4.69, 9.17) is 4.98 Å². The highest BCUT2D eigenvalue weighted by atomic mass is 32.1. The van der Waals surface area contributed by atoms with Gasteiger partial charge in [0.15, 0.2) is 0 Å². The Morgan fingerprint density at radius 3 is 2.71 bits per heavy atom. The van der Waals surface area contributed by atoms with E-state index in [1.54, 1.807) is 6.33 Å². The Labute approximate surface area is 190 Å². The fraction of sp³-hybridized carbons (Fsp3) is 0.708. The average molecular weight is 444 g/mol. The molecule has 7 heteroatoms. The molecule has 4 rings (SSSR count). The van der Waals surface area contributed by atoms with Crippen molar-refractivity contribution in [3.63, 3.8) is 0 Å². The summed E-state index contributed by atoms with van der Waals surface area (Å²) in [5, 5.41) is 4.50. The third kappa shape index (κ3) is 5.03. The predicted molar refractivity (Wildman–Crippen MR) is 129 cm³/mol. The van der Waals surface area contributed by atoms with Gasteiger partial charge in [0.1, 0.15) is 17.0 Å². The Balaban J connectivity index is 1.40. The summed E-state index contributed by atoms with van der Waals surface area (Å²) in [7, 11) is 4.16. The van der Waals surface area contributed by atoms with Crippen molar-refractivity contribution in [2.45, 2.75) is 52.9 Å². The van der Waals surface area contributed by atoms with Gasteiger partial charge in [-0.05, 0) is 63.1 Å². The maximum Gasteiger partial charge on any atom is 0.223 e. The molecule has 2 aromatic heterocycles. The second-order valence-electron chi connectivity index (χ2n) is 10.6. The molecule has 6 nitrogen and oxygen atoms in total. The first-order chi connectivity index (χ1) is 14.7. The number of carbonyl (C=O) groups excluding carboxylic acids is 1. The first kappa shape index (κ1) is 22.5. The quantitative estimate of drug-likeness (QED) is 0.737. The zero-order valence-electron chi connectivity index (χ0n) is 19.7. The van der Waals surface area contributed by atoms with E-state index in [9.17, 15) is 4.79 Å². The van der Waals surface area contributed by atoms with Gasteiger partial charge in [0.05, 0.1) is 5.39 Å². The Kier molecular flexibility index (Phi) is 6.54. The standard InChI is InChI=1S/C24H37N5OS/c1-16-6-7-18-19(12-16)31-23-20(18)21(26-15-27-23)29-10-8-17(9-11-29)22(30)25-13-24(2,3)14-28(4)5/h15-17H,6-14H2,1-5H3,(H,25,30)/t16-/m0/s1. The highest BCUT2D eigenvalue weighted by Crippen LogP contribution is 2.41. The van der Waals surface area contributed by atoms with E-state index in [-0.39, 0.29) is 17.2 Å². The number of fused-ring (bicyclic) bond motifs is 3. The molecule has 2 aliphatic rings. The molecule has 1 saturated heterocycles. The van der Waals surface area contributed by atoms with Crippen molar-refractivity contribution in [1.29, 1.82) is 0 Å². The number of hydrogen-bond acceptors (Lipinski definition) is 6. The number of nitrogens with zero attached hydrogens (tertiary/aromatic N) is 4. The van der Waals surface area contributed by atoms with Gasteiger partial charge in [-0.2, -0.15) is 0 Å². The molecule has 0 spiro atoms. The number of nitrogens with one attached hydrogen (secondary N) is 1. The molecule has 0 bridgehead atoms. The molecule has 0 saturated carbocycles. The summed E-state index contributed by atoms with van der Waals surface area (Å²) >= 11 is 1.85. The van der Waals surface area contributed by atoms with E-state index in [1.807, 2.05) is 11.3 Å². The maximum absolute atomic E-state index is 12.8. The van der Waals surface area contributed by atoms with Crippen molar-refractivity contribution in [2.75, 3.05) is 45.2 Å². The minimum atomic E-state index is 0.0714. The van der Waals surface area contributed by atoms with Gasteiger partial charge in [-0.1, -0.05) is 20.8 Å². The van der Waals surface area contributed by atoms with Gasteiger partial charge < -0.3 is 15.1 Å². The van der Waals surface area contributed by atoms with Crippen molar-refractivity contribution in [1.82, 2.24) is 20.2 Å². The van der Waals surface area contributed by atoms with Gasteiger partial charge in [0.25, 0.3) is 0 Å². The minimum Gasteiger partial charge on any atom is -0.356 e. The van der Waals surface area contributed by atoms with Gasteiger partial charge in [-0.25, -0.2) is 9.97 Å². The summed E-state index contributed by atoms with van der Waals surface area (Å²) in [6.07, 6.45) is 7.04. The Bertz CT molecular complexity index is 929. The molecule has 1 amide bonds. The van der Waals surface area contributed by atoms with Crippen LogP contribution in [0.4, 0.5) is 5.82 Å². The zero-order valence-corrected chi connectivity index (χ0v) is 20.5. The number of aryl methyl sites for hydroxylation is 1. The van der Waals surface area contributed by atoms with E-state index in [1.165, 1.54) is 28.7 Å². The summed E-state index contributed by atoms with van der Waals surface area (Å²) in [6, 6.07) is 0. The Morgan fingerprint density at radius 2 is 2.00 bits per heavy atom. The smallest absolute Gasteiger partial charge is 0.223 e. The molecule has 0 unspecified atom stereocenters. The lowest BCUT2D eigenvalue weighted by Gasteiger charge is -2.34. The summed E-state index contributed by atoms with van der Waals surface area (Å²) in [6.45, 7) is 10.2. The molecule has 1 N–H and O–H groups in total. The molecule has 3 heterocycles. The normalized spacial score (nSPS) is 20.3. The van der Waals surface area contributed by atoms with Crippen molar-refractivity contribution in [3.05, 3.63) is 16.8 Å². The lowest BCUT2D eigenvalue weighted by atomic mass is 9.89. The summed E-state index contributed by atoms with van der Waals surface area (Å²) < 4.78 is 0. The number of anilines is 1. The van der Waals surface area contributed by atoms with Crippen LogP contribution in [-0.4, -0.2) is 61.0 Å². The molecule has 2 aromatic rings. The molecule has 0 aromatic carbocycles. The fourth-order valence-corrected chi connectivity index (χ4v) is 6.58. The van der Waals surface area contributed by atoms with Crippen molar-refractivity contribution in [3.8, 4) is 0 Å². The first-order valence-electron chi connectivity index (χ1n) is 11.7. The molecule has 1 atom stereocenters. The number of aromatic nitrogens is 2. The molecule has 1 fully saturated rings. The van der Waals surface area contributed by atoms with Crippen LogP contribution in [0.3, 0.4) is 0 Å². The summed E-state index contributed by atoms with van der Waals surface area (Å²) in [5.74, 6) is 2.15. The predicted octanol–water partition coefficient (Wildman–Crippen LogP) is 3.74. The molecule has 1 aliphatic carbocycles. The third-order valence-corrected chi connectivity index (χ3v) is 7.88. The number of amides is 1. The second-order valence-corrected chi connectivity index (χ2v) is 11.7. The monoisotopic (exact) mass is 443 g/mol. The molecule has 31 heavy (non-hydrogen) atoms. The SMILES string of the molecule is C[C@H]1CCc2c(sc3ncnc(N4CCC(C(=O)NCC(C)(C)CN(C)C)CC4)c23)C1. The second kappa shape index (κ2) is 9.02. The Morgan fingerprint density at radius 1 is 1.26 bits per heavy atom. The van der Waals surface area contributed by atoms with Gasteiger partial charge in [-0.3, -0.25) is 4.79 Å². The van der Waals surface area contributed by atoms with Gasteiger partial charge >= 0.3 is 0 Å². The third-order valence-electron chi connectivity index (χ3n) is 6.72. The van der Waals surface area contributed by atoms with Crippen LogP contribution in [0.5, 0.6) is 0 Å². The largest absolute Gasteiger partial charge is 0.356 e. The van der Waals surface area contributed by atoms with E-state index in [0.29, 0.717) is 0 Å². The van der Waals surface area contributed by atoms with Crippen LogP contribution < -0.4 is 10.2 Å². The molecule has 0 radical (unpaired) electrons. The average Bonchev–Trinajstić information content (AvgIpc) is 3.09.